The molecule has 0 saturated carbocycles. The van der Waals surface area contributed by atoms with Crippen LogP contribution in [0.25, 0.3) is 0 Å². The monoisotopic (exact) mass is 346 g/mol. The number of rotatable bonds is 6. The van der Waals surface area contributed by atoms with E-state index in [1.807, 2.05) is 43.1 Å². The first kappa shape index (κ1) is 18.2. The first-order chi connectivity index (χ1) is 12.2. The van der Waals surface area contributed by atoms with Gasteiger partial charge in [-0.05, 0) is 56.4 Å². The first-order valence-corrected chi connectivity index (χ1v) is 9.47. The van der Waals surface area contributed by atoms with Crippen molar-refractivity contribution < 1.29 is 14.3 Å². The van der Waals surface area contributed by atoms with E-state index in [9.17, 15) is 4.79 Å². The Labute approximate surface area is 150 Å². The van der Waals surface area contributed by atoms with Gasteiger partial charge in [-0.1, -0.05) is 0 Å². The van der Waals surface area contributed by atoms with Crippen LogP contribution in [0.2, 0.25) is 0 Å². The standard InChI is InChI=1S/C20H30N2O3/c1-3-25-19-6-4-17(5-7-19)20(23)21(2)18-8-11-22(12-9-18)14-16-10-13-24-15-16/h4-7,16,18H,3,8-15H2,1-2H3. The summed E-state index contributed by atoms with van der Waals surface area (Å²) in [7, 11) is 1.93. The Morgan fingerprint density at radius 2 is 1.96 bits per heavy atom. The van der Waals surface area contributed by atoms with Gasteiger partial charge >= 0.3 is 0 Å². The van der Waals surface area contributed by atoms with E-state index in [0.29, 0.717) is 18.6 Å². The molecule has 3 rings (SSSR count). The predicted octanol–water partition coefficient (Wildman–Crippen LogP) is 2.66. The Kier molecular flexibility index (Phi) is 6.32. The van der Waals surface area contributed by atoms with Crippen LogP contribution in [0.1, 0.15) is 36.5 Å². The highest BCUT2D eigenvalue weighted by Crippen LogP contribution is 2.21. The van der Waals surface area contributed by atoms with Crippen molar-refractivity contribution >= 4 is 5.91 Å². The molecule has 0 spiro atoms. The number of carbonyl (C=O) groups is 1. The fourth-order valence-electron chi connectivity index (χ4n) is 3.81. The van der Waals surface area contributed by atoms with Crippen molar-refractivity contribution in [3.8, 4) is 5.75 Å². The molecule has 1 amide bonds. The highest BCUT2D eigenvalue weighted by Gasteiger charge is 2.27. The van der Waals surface area contributed by atoms with Gasteiger partial charge < -0.3 is 19.3 Å². The van der Waals surface area contributed by atoms with E-state index in [2.05, 4.69) is 4.90 Å². The third-order valence-corrected chi connectivity index (χ3v) is 5.38. The largest absolute Gasteiger partial charge is 0.494 e. The van der Waals surface area contributed by atoms with E-state index in [4.69, 9.17) is 9.47 Å². The molecule has 1 unspecified atom stereocenters. The predicted molar refractivity (Wildman–Crippen MR) is 98.1 cm³/mol. The van der Waals surface area contributed by atoms with Crippen LogP contribution in [-0.2, 0) is 4.74 Å². The number of benzene rings is 1. The molecule has 25 heavy (non-hydrogen) atoms. The van der Waals surface area contributed by atoms with Crippen LogP contribution < -0.4 is 4.74 Å². The maximum absolute atomic E-state index is 12.7. The Hall–Kier alpha value is -1.59. The second kappa shape index (κ2) is 8.68. The fraction of sp³-hybridized carbons (Fsp3) is 0.650. The minimum Gasteiger partial charge on any atom is -0.494 e. The van der Waals surface area contributed by atoms with E-state index in [-0.39, 0.29) is 5.91 Å². The first-order valence-electron chi connectivity index (χ1n) is 9.47. The van der Waals surface area contributed by atoms with Crippen molar-refractivity contribution in [1.29, 1.82) is 0 Å². The maximum atomic E-state index is 12.7. The highest BCUT2D eigenvalue weighted by atomic mass is 16.5. The molecule has 2 aliphatic heterocycles. The maximum Gasteiger partial charge on any atom is 0.253 e. The molecule has 2 fully saturated rings. The summed E-state index contributed by atoms with van der Waals surface area (Å²) in [6.45, 7) is 7.71. The minimum atomic E-state index is 0.102. The molecule has 1 aromatic carbocycles. The average Bonchev–Trinajstić information content (AvgIpc) is 3.15. The Morgan fingerprint density at radius 1 is 1.24 bits per heavy atom. The summed E-state index contributed by atoms with van der Waals surface area (Å²) in [5, 5.41) is 0. The van der Waals surface area contributed by atoms with Crippen LogP contribution in [0.15, 0.2) is 24.3 Å². The molecule has 0 radical (unpaired) electrons. The second-order valence-corrected chi connectivity index (χ2v) is 7.13. The molecule has 0 aliphatic carbocycles. The van der Waals surface area contributed by atoms with Gasteiger partial charge in [-0.3, -0.25) is 4.79 Å². The Bertz CT molecular complexity index is 547. The van der Waals surface area contributed by atoms with Crippen molar-refractivity contribution in [3.63, 3.8) is 0 Å². The van der Waals surface area contributed by atoms with Crippen LogP contribution >= 0.6 is 0 Å². The summed E-state index contributed by atoms with van der Waals surface area (Å²) in [5.41, 5.74) is 0.733. The minimum absolute atomic E-state index is 0.102. The van der Waals surface area contributed by atoms with Gasteiger partial charge in [-0.2, -0.15) is 0 Å². The normalized spacial score (nSPS) is 22.1. The molecule has 5 nitrogen and oxygen atoms in total. The molecule has 2 saturated heterocycles. The molecule has 1 aromatic rings. The smallest absolute Gasteiger partial charge is 0.253 e. The van der Waals surface area contributed by atoms with E-state index in [1.54, 1.807) is 0 Å². The van der Waals surface area contributed by atoms with Crippen LogP contribution in [0.5, 0.6) is 5.75 Å². The van der Waals surface area contributed by atoms with Crippen LogP contribution in [0.3, 0.4) is 0 Å². The van der Waals surface area contributed by atoms with Crippen molar-refractivity contribution in [2.24, 2.45) is 5.92 Å². The number of carbonyl (C=O) groups excluding carboxylic acids is 1. The summed E-state index contributed by atoms with van der Waals surface area (Å²) >= 11 is 0. The summed E-state index contributed by atoms with van der Waals surface area (Å²) in [4.78, 5) is 17.2. The lowest BCUT2D eigenvalue weighted by Crippen LogP contribution is -2.46. The number of nitrogens with zero attached hydrogens (tertiary/aromatic N) is 2. The van der Waals surface area contributed by atoms with Crippen molar-refractivity contribution in [2.45, 2.75) is 32.2 Å². The molecular weight excluding hydrogens is 316 g/mol. The van der Waals surface area contributed by atoms with Crippen molar-refractivity contribution in [3.05, 3.63) is 29.8 Å². The quantitative estimate of drug-likeness (QED) is 0.794. The number of hydrogen-bond donors (Lipinski definition) is 0. The van der Waals surface area contributed by atoms with Gasteiger partial charge in [0.05, 0.1) is 13.2 Å². The number of amides is 1. The zero-order chi connectivity index (χ0) is 17.6. The lowest BCUT2D eigenvalue weighted by Gasteiger charge is -2.37. The van der Waals surface area contributed by atoms with Gasteiger partial charge in [0, 0.05) is 44.9 Å². The number of piperidine rings is 1. The van der Waals surface area contributed by atoms with E-state index in [0.717, 1.165) is 57.0 Å². The summed E-state index contributed by atoms with van der Waals surface area (Å²) in [5.74, 6) is 1.61. The van der Waals surface area contributed by atoms with Gasteiger partial charge in [-0.15, -0.1) is 0 Å². The molecule has 0 aromatic heterocycles. The molecule has 138 valence electrons. The van der Waals surface area contributed by atoms with Crippen molar-refractivity contribution in [2.75, 3.05) is 46.5 Å². The third-order valence-electron chi connectivity index (χ3n) is 5.38. The van der Waals surface area contributed by atoms with Gasteiger partial charge in [0.1, 0.15) is 5.75 Å². The van der Waals surface area contributed by atoms with Crippen LogP contribution in [0, 0.1) is 5.92 Å². The average molecular weight is 346 g/mol. The summed E-state index contributed by atoms with van der Waals surface area (Å²) in [6.07, 6.45) is 3.29. The molecular formula is C20H30N2O3. The molecule has 0 N–H and O–H groups in total. The number of likely N-dealkylation sites (tertiary alicyclic amines) is 1. The number of ether oxygens (including phenoxy) is 2. The highest BCUT2D eigenvalue weighted by molar-refractivity contribution is 5.94. The Balaban J connectivity index is 1.49. The molecule has 2 aliphatic rings. The molecule has 5 heteroatoms. The van der Waals surface area contributed by atoms with E-state index >= 15 is 0 Å². The SMILES string of the molecule is CCOc1ccc(C(=O)N(C)C2CCN(CC3CCOC3)CC2)cc1. The molecule has 1 atom stereocenters. The van der Waals surface area contributed by atoms with Gasteiger partial charge in [-0.25, -0.2) is 0 Å². The van der Waals surface area contributed by atoms with Crippen LogP contribution in [0.4, 0.5) is 0 Å². The van der Waals surface area contributed by atoms with Crippen molar-refractivity contribution in [1.82, 2.24) is 9.80 Å². The number of hydrogen-bond acceptors (Lipinski definition) is 4. The van der Waals surface area contributed by atoms with Gasteiger partial charge in [0.2, 0.25) is 0 Å². The zero-order valence-electron chi connectivity index (χ0n) is 15.4. The van der Waals surface area contributed by atoms with Crippen LogP contribution in [-0.4, -0.2) is 68.3 Å². The summed E-state index contributed by atoms with van der Waals surface area (Å²) in [6, 6.07) is 7.79. The van der Waals surface area contributed by atoms with E-state index < -0.39 is 0 Å². The summed E-state index contributed by atoms with van der Waals surface area (Å²) < 4.78 is 10.9. The topological polar surface area (TPSA) is 42.0 Å². The lowest BCUT2D eigenvalue weighted by atomic mass is 10.0. The second-order valence-electron chi connectivity index (χ2n) is 7.13. The molecule has 0 bridgehead atoms. The van der Waals surface area contributed by atoms with Gasteiger partial charge in [0.15, 0.2) is 0 Å². The van der Waals surface area contributed by atoms with E-state index in [1.165, 1.54) is 6.42 Å². The van der Waals surface area contributed by atoms with Gasteiger partial charge in [0.25, 0.3) is 5.91 Å². The third kappa shape index (κ3) is 4.73. The lowest BCUT2D eigenvalue weighted by molar-refractivity contribution is 0.0625. The zero-order valence-corrected chi connectivity index (χ0v) is 15.4. The fourth-order valence-corrected chi connectivity index (χ4v) is 3.81. The Morgan fingerprint density at radius 3 is 2.56 bits per heavy atom. The molecule has 2 heterocycles.